The van der Waals surface area contributed by atoms with Crippen molar-refractivity contribution in [2.24, 2.45) is 0 Å². The fraction of sp³-hybridized carbons (Fsp3) is 0.208. The summed E-state index contributed by atoms with van der Waals surface area (Å²) in [6, 6.07) is 15.3. The van der Waals surface area contributed by atoms with Crippen LogP contribution in [0.1, 0.15) is 45.6 Å². The highest BCUT2D eigenvalue weighted by molar-refractivity contribution is 6.31. The second kappa shape index (κ2) is 9.07. The van der Waals surface area contributed by atoms with E-state index in [0.29, 0.717) is 10.8 Å². The molecule has 0 saturated heterocycles. The quantitative estimate of drug-likeness (QED) is 0.571. The summed E-state index contributed by atoms with van der Waals surface area (Å²) in [5, 5.41) is 21.0. The topological polar surface area (TPSA) is 92.3 Å². The van der Waals surface area contributed by atoms with Crippen molar-refractivity contribution < 1.29 is 14.6 Å². The Kier molecular flexibility index (Phi) is 6.47. The van der Waals surface area contributed by atoms with Crippen molar-refractivity contribution in [2.45, 2.75) is 26.8 Å². The maximum atomic E-state index is 13.0. The zero-order chi connectivity index (χ0) is 22.7. The van der Waals surface area contributed by atoms with Crippen LogP contribution in [0.2, 0.25) is 5.02 Å². The summed E-state index contributed by atoms with van der Waals surface area (Å²) in [5.74, 6) is -0.592. The Morgan fingerprint density at radius 1 is 1.23 bits per heavy atom. The highest BCUT2D eigenvalue weighted by atomic mass is 35.5. The summed E-state index contributed by atoms with van der Waals surface area (Å²) in [7, 11) is 0. The van der Waals surface area contributed by atoms with Gasteiger partial charge in [0.1, 0.15) is 17.4 Å². The molecule has 0 radical (unpaired) electrons. The van der Waals surface area contributed by atoms with Crippen LogP contribution in [0.3, 0.4) is 0 Å². The molecule has 3 rings (SSSR count). The number of nitriles is 1. The second-order valence-corrected chi connectivity index (χ2v) is 7.60. The number of pyridine rings is 1. The lowest BCUT2D eigenvalue weighted by Gasteiger charge is -2.21. The van der Waals surface area contributed by atoms with E-state index in [2.05, 4.69) is 0 Å². The van der Waals surface area contributed by atoms with E-state index >= 15 is 0 Å². The third-order valence-corrected chi connectivity index (χ3v) is 5.62. The average Bonchev–Trinajstić information content (AvgIpc) is 2.75. The van der Waals surface area contributed by atoms with Gasteiger partial charge in [-0.3, -0.25) is 14.2 Å². The third kappa shape index (κ3) is 4.32. The smallest absolute Gasteiger partial charge is 0.272 e. The number of aromatic hydroxyl groups is 1. The fourth-order valence-electron chi connectivity index (χ4n) is 3.42. The SMILES string of the molecule is Cc1cc(OCC(=O)c2c(C)c(C#N)c(=O)n(C(C)c3ccccc3)c2O)ccc1Cl. The van der Waals surface area contributed by atoms with E-state index in [1.54, 1.807) is 49.4 Å². The fourth-order valence-corrected chi connectivity index (χ4v) is 3.54. The van der Waals surface area contributed by atoms with Gasteiger partial charge in [-0.2, -0.15) is 5.26 Å². The van der Waals surface area contributed by atoms with E-state index in [-0.39, 0.29) is 23.3 Å². The molecule has 1 heterocycles. The number of nitrogens with zero attached hydrogens (tertiary/aromatic N) is 2. The minimum absolute atomic E-state index is 0.107. The van der Waals surface area contributed by atoms with Crippen LogP contribution in [0, 0.1) is 25.2 Å². The molecule has 1 unspecified atom stereocenters. The number of aryl methyl sites for hydroxylation is 1. The van der Waals surface area contributed by atoms with Gasteiger partial charge in [-0.1, -0.05) is 41.9 Å². The van der Waals surface area contributed by atoms with Crippen molar-refractivity contribution in [3.05, 3.63) is 91.7 Å². The number of rotatable bonds is 6. The van der Waals surface area contributed by atoms with E-state index in [9.17, 15) is 20.0 Å². The number of ketones is 1. The van der Waals surface area contributed by atoms with E-state index in [0.717, 1.165) is 15.7 Å². The molecule has 7 heteroatoms. The first kappa shape index (κ1) is 22.1. The number of benzene rings is 2. The number of carbonyl (C=O) groups excluding carboxylic acids is 1. The van der Waals surface area contributed by atoms with Crippen LogP contribution in [-0.2, 0) is 0 Å². The summed E-state index contributed by atoms with van der Waals surface area (Å²) >= 11 is 6.01. The summed E-state index contributed by atoms with van der Waals surface area (Å²) in [6.07, 6.45) is 0. The van der Waals surface area contributed by atoms with E-state index < -0.39 is 23.3 Å². The lowest BCUT2D eigenvalue weighted by molar-refractivity contribution is 0.0916. The van der Waals surface area contributed by atoms with Crippen molar-refractivity contribution in [3.8, 4) is 17.7 Å². The van der Waals surface area contributed by atoms with Gasteiger partial charge in [0.25, 0.3) is 5.56 Å². The number of Topliss-reactive ketones (excluding diaryl/α,β-unsaturated/α-hetero) is 1. The molecular formula is C24H21ClN2O4. The molecule has 158 valence electrons. The zero-order valence-electron chi connectivity index (χ0n) is 17.3. The molecule has 0 bridgehead atoms. The molecule has 2 aromatic carbocycles. The predicted molar refractivity (Wildman–Crippen MR) is 118 cm³/mol. The first-order valence-corrected chi connectivity index (χ1v) is 9.99. The number of hydrogen-bond donors (Lipinski definition) is 1. The molecule has 3 aromatic rings. The van der Waals surface area contributed by atoms with Gasteiger partial charge in [0, 0.05) is 5.02 Å². The van der Waals surface area contributed by atoms with Gasteiger partial charge >= 0.3 is 0 Å². The lowest BCUT2D eigenvalue weighted by Crippen LogP contribution is -2.30. The Hall–Kier alpha value is -3.56. The van der Waals surface area contributed by atoms with Crippen LogP contribution in [0.25, 0.3) is 0 Å². The summed E-state index contributed by atoms with van der Waals surface area (Å²) < 4.78 is 6.64. The maximum absolute atomic E-state index is 13.0. The van der Waals surface area contributed by atoms with E-state index in [4.69, 9.17) is 16.3 Å². The van der Waals surface area contributed by atoms with Crippen molar-refractivity contribution in [1.29, 1.82) is 5.26 Å². The monoisotopic (exact) mass is 436 g/mol. The molecule has 0 fully saturated rings. The largest absolute Gasteiger partial charge is 0.494 e. The molecule has 31 heavy (non-hydrogen) atoms. The Bertz CT molecular complexity index is 1240. The van der Waals surface area contributed by atoms with Crippen molar-refractivity contribution in [2.75, 3.05) is 6.61 Å². The van der Waals surface area contributed by atoms with Crippen molar-refractivity contribution >= 4 is 17.4 Å². The number of ether oxygens (including phenoxy) is 1. The summed E-state index contributed by atoms with van der Waals surface area (Å²) in [5.41, 5.74) is 0.722. The molecule has 0 saturated carbocycles. The van der Waals surface area contributed by atoms with Gasteiger partial charge in [0.2, 0.25) is 11.7 Å². The molecule has 1 aromatic heterocycles. The van der Waals surface area contributed by atoms with Crippen molar-refractivity contribution in [3.63, 3.8) is 0 Å². The highest BCUT2D eigenvalue weighted by Crippen LogP contribution is 2.28. The van der Waals surface area contributed by atoms with Gasteiger partial charge in [-0.25, -0.2) is 0 Å². The average molecular weight is 437 g/mol. The highest BCUT2D eigenvalue weighted by Gasteiger charge is 2.26. The van der Waals surface area contributed by atoms with Gasteiger partial charge in [0.05, 0.1) is 11.6 Å². The van der Waals surface area contributed by atoms with E-state index in [1.807, 2.05) is 19.1 Å². The third-order valence-electron chi connectivity index (χ3n) is 5.19. The molecule has 0 spiro atoms. The minimum atomic E-state index is -0.653. The first-order chi connectivity index (χ1) is 14.8. The van der Waals surface area contributed by atoms with Crippen LogP contribution in [0.15, 0.2) is 53.3 Å². The molecule has 1 N–H and O–H groups in total. The molecule has 1 atom stereocenters. The minimum Gasteiger partial charge on any atom is -0.494 e. The van der Waals surface area contributed by atoms with Crippen LogP contribution in [-0.4, -0.2) is 22.1 Å². The summed E-state index contributed by atoms with van der Waals surface area (Å²) in [4.78, 5) is 25.9. The Labute approximate surface area is 184 Å². The maximum Gasteiger partial charge on any atom is 0.272 e. The molecule has 0 aliphatic carbocycles. The number of halogens is 1. The lowest BCUT2D eigenvalue weighted by atomic mass is 10.00. The molecule has 0 aliphatic rings. The summed E-state index contributed by atoms with van der Waals surface area (Å²) in [6.45, 7) is 4.62. The Morgan fingerprint density at radius 3 is 2.52 bits per heavy atom. The zero-order valence-corrected chi connectivity index (χ0v) is 18.1. The van der Waals surface area contributed by atoms with Crippen LogP contribution >= 0.6 is 11.6 Å². The predicted octanol–water partition coefficient (Wildman–Crippen LogP) is 4.57. The normalized spacial score (nSPS) is 11.6. The number of hydrogen-bond acceptors (Lipinski definition) is 5. The second-order valence-electron chi connectivity index (χ2n) is 7.20. The Morgan fingerprint density at radius 2 is 1.90 bits per heavy atom. The molecular weight excluding hydrogens is 416 g/mol. The van der Waals surface area contributed by atoms with Crippen LogP contribution in [0.5, 0.6) is 11.6 Å². The van der Waals surface area contributed by atoms with Gasteiger partial charge < -0.3 is 9.84 Å². The van der Waals surface area contributed by atoms with Crippen LogP contribution < -0.4 is 10.3 Å². The molecule has 0 amide bonds. The standard InChI is InChI=1S/C24H21ClN2O4/c1-14-11-18(9-10-20(14)25)31-13-21(28)22-15(2)19(12-26)23(29)27(24(22)30)16(3)17-7-5-4-6-8-17/h4-11,16,30H,13H2,1-3H3. The van der Waals surface area contributed by atoms with Crippen molar-refractivity contribution in [1.82, 2.24) is 4.57 Å². The first-order valence-electron chi connectivity index (χ1n) is 9.61. The molecule has 6 nitrogen and oxygen atoms in total. The van der Waals surface area contributed by atoms with Gasteiger partial charge in [0.15, 0.2) is 6.61 Å². The number of aromatic nitrogens is 1. The number of carbonyl (C=O) groups is 1. The van der Waals surface area contributed by atoms with E-state index in [1.165, 1.54) is 6.92 Å². The van der Waals surface area contributed by atoms with Gasteiger partial charge in [-0.15, -0.1) is 0 Å². The molecule has 0 aliphatic heterocycles. The Balaban J connectivity index is 2.03. The van der Waals surface area contributed by atoms with Gasteiger partial charge in [-0.05, 0) is 55.7 Å². The van der Waals surface area contributed by atoms with Crippen LogP contribution in [0.4, 0.5) is 0 Å².